The fourth-order valence-electron chi connectivity index (χ4n) is 4.83. The van der Waals surface area contributed by atoms with E-state index in [1.807, 2.05) is 18.2 Å². The van der Waals surface area contributed by atoms with Gasteiger partial charge in [-0.2, -0.15) is 0 Å². The fourth-order valence-corrected chi connectivity index (χ4v) is 4.96. The normalized spacial score (nSPS) is 22.0. The number of benzene rings is 3. The van der Waals surface area contributed by atoms with Gasteiger partial charge in [-0.1, -0.05) is 48.0 Å². The van der Waals surface area contributed by atoms with Gasteiger partial charge in [0.05, 0.1) is 26.3 Å². The molecule has 3 unspecified atom stereocenters. The van der Waals surface area contributed by atoms with Gasteiger partial charge in [-0.05, 0) is 47.0 Å². The summed E-state index contributed by atoms with van der Waals surface area (Å²) in [4.78, 5) is 2.47. The zero-order valence-corrected chi connectivity index (χ0v) is 18.4. The molecule has 0 saturated carbocycles. The van der Waals surface area contributed by atoms with Crippen LogP contribution >= 0.6 is 11.6 Å². The third kappa shape index (κ3) is 3.74. The Bertz CT molecular complexity index is 1070. The van der Waals surface area contributed by atoms with Gasteiger partial charge < -0.3 is 14.4 Å². The van der Waals surface area contributed by atoms with Gasteiger partial charge >= 0.3 is 0 Å². The van der Waals surface area contributed by atoms with Crippen molar-refractivity contribution in [3.8, 4) is 11.5 Å². The molecule has 2 aliphatic rings. The average Bonchev–Trinajstić information content (AvgIpc) is 3.24. The molecule has 1 saturated heterocycles. The molecule has 3 aromatic rings. The van der Waals surface area contributed by atoms with Crippen molar-refractivity contribution in [1.29, 1.82) is 0 Å². The van der Waals surface area contributed by atoms with E-state index in [0.717, 1.165) is 29.6 Å². The Morgan fingerprint density at radius 2 is 1.65 bits per heavy atom. The first-order chi connectivity index (χ1) is 15.2. The number of methoxy groups -OCH3 is 2. The molecule has 160 valence electrons. The molecular weight excluding hydrogens is 410 g/mol. The van der Waals surface area contributed by atoms with Crippen molar-refractivity contribution < 1.29 is 9.47 Å². The maximum atomic E-state index is 6.09. The van der Waals surface area contributed by atoms with Crippen LogP contribution in [0, 0.1) is 5.92 Å². The second kappa shape index (κ2) is 8.42. The van der Waals surface area contributed by atoms with E-state index in [0.29, 0.717) is 5.92 Å². The summed E-state index contributed by atoms with van der Waals surface area (Å²) in [6.45, 7) is 1.78. The van der Waals surface area contributed by atoms with E-state index in [-0.39, 0.29) is 12.1 Å². The highest BCUT2D eigenvalue weighted by Gasteiger charge is 2.43. The molecule has 31 heavy (non-hydrogen) atoms. The van der Waals surface area contributed by atoms with Crippen LogP contribution in [0.1, 0.15) is 28.8 Å². The van der Waals surface area contributed by atoms with E-state index < -0.39 is 0 Å². The van der Waals surface area contributed by atoms with E-state index in [4.69, 9.17) is 21.1 Å². The summed E-state index contributed by atoms with van der Waals surface area (Å²) in [5.41, 5.74) is 12.1. The zero-order chi connectivity index (χ0) is 21.4. The fraction of sp³-hybridized carbons (Fsp3) is 0.280. The summed E-state index contributed by atoms with van der Waals surface area (Å²) in [5, 5.41) is 0.764. The number of hydrogen-bond donors (Lipinski definition) is 2. The Morgan fingerprint density at radius 1 is 0.903 bits per heavy atom. The maximum Gasteiger partial charge on any atom is 0.161 e. The minimum atomic E-state index is 0.158. The zero-order valence-electron chi connectivity index (χ0n) is 17.6. The van der Waals surface area contributed by atoms with Crippen LogP contribution in [0.3, 0.4) is 0 Å². The molecule has 2 aliphatic heterocycles. The number of ether oxygens (including phenoxy) is 2. The minimum Gasteiger partial charge on any atom is -0.493 e. The summed E-state index contributed by atoms with van der Waals surface area (Å²) in [7, 11) is 3.34. The van der Waals surface area contributed by atoms with E-state index in [1.165, 1.54) is 22.4 Å². The van der Waals surface area contributed by atoms with Gasteiger partial charge in [0.2, 0.25) is 0 Å². The third-order valence-electron chi connectivity index (χ3n) is 6.35. The molecule has 0 aliphatic carbocycles. The van der Waals surface area contributed by atoms with Crippen LogP contribution in [0.15, 0.2) is 66.7 Å². The van der Waals surface area contributed by atoms with E-state index in [9.17, 15) is 0 Å². The monoisotopic (exact) mass is 435 g/mol. The van der Waals surface area contributed by atoms with Gasteiger partial charge in [-0.3, -0.25) is 0 Å². The first-order valence-electron chi connectivity index (χ1n) is 10.5. The Labute approximate surface area is 187 Å². The highest BCUT2D eigenvalue weighted by atomic mass is 35.5. The quantitative estimate of drug-likeness (QED) is 0.597. The minimum absolute atomic E-state index is 0.158. The number of hydrogen-bond acceptors (Lipinski definition) is 5. The molecule has 3 aromatic carbocycles. The summed E-state index contributed by atoms with van der Waals surface area (Å²) in [5.74, 6) is 1.85. The lowest BCUT2D eigenvalue weighted by molar-refractivity contribution is 0.352. The molecular formula is C25H26ClN3O2. The summed E-state index contributed by atoms with van der Waals surface area (Å²) >= 11 is 6.09. The van der Waals surface area contributed by atoms with E-state index in [1.54, 1.807) is 14.2 Å². The molecule has 0 bridgehead atoms. The Balaban J connectivity index is 1.48. The van der Waals surface area contributed by atoms with Crippen LogP contribution in [0.25, 0.3) is 0 Å². The van der Waals surface area contributed by atoms with Crippen LogP contribution in [-0.4, -0.2) is 20.8 Å². The second-order valence-electron chi connectivity index (χ2n) is 8.09. The Hall–Kier alpha value is -2.73. The molecule has 5 nitrogen and oxygen atoms in total. The first-order valence-corrected chi connectivity index (χ1v) is 10.9. The van der Waals surface area contributed by atoms with Crippen LogP contribution in [-0.2, 0) is 6.54 Å². The SMILES string of the molecule is COc1ccc(C2NNC3c4ccccc4N(Cc4ccc(Cl)cc4)CC23)cc1OC. The lowest BCUT2D eigenvalue weighted by Crippen LogP contribution is -2.39. The predicted octanol–water partition coefficient (Wildman–Crippen LogP) is 4.88. The number of nitrogens with one attached hydrogen (secondary N) is 2. The summed E-state index contributed by atoms with van der Waals surface area (Å²) in [6.07, 6.45) is 0. The number of rotatable bonds is 5. The maximum absolute atomic E-state index is 6.09. The number of halogens is 1. The number of nitrogens with zero attached hydrogens (tertiary/aromatic N) is 1. The molecule has 0 aromatic heterocycles. The lowest BCUT2D eigenvalue weighted by atomic mass is 9.82. The van der Waals surface area contributed by atoms with Gasteiger partial charge in [0.1, 0.15) is 0 Å². The smallest absolute Gasteiger partial charge is 0.161 e. The van der Waals surface area contributed by atoms with Crippen molar-refractivity contribution in [2.75, 3.05) is 25.7 Å². The van der Waals surface area contributed by atoms with Gasteiger partial charge in [0.15, 0.2) is 11.5 Å². The molecule has 3 atom stereocenters. The van der Waals surface area contributed by atoms with Crippen molar-refractivity contribution in [3.63, 3.8) is 0 Å². The van der Waals surface area contributed by atoms with Gasteiger partial charge in [-0.15, -0.1) is 0 Å². The lowest BCUT2D eigenvalue weighted by Gasteiger charge is -2.39. The highest BCUT2D eigenvalue weighted by molar-refractivity contribution is 6.30. The number of hydrazine groups is 1. The van der Waals surface area contributed by atoms with Crippen LogP contribution in [0.5, 0.6) is 11.5 Å². The second-order valence-corrected chi connectivity index (χ2v) is 8.52. The van der Waals surface area contributed by atoms with Crippen LogP contribution in [0.2, 0.25) is 5.02 Å². The van der Waals surface area contributed by atoms with Gasteiger partial charge in [0, 0.05) is 29.7 Å². The van der Waals surface area contributed by atoms with Crippen molar-refractivity contribution in [1.82, 2.24) is 10.9 Å². The standard InChI is InChI=1S/C25H26ClN3O2/c1-30-22-12-9-17(13-23(22)31-2)24-20-15-29(14-16-7-10-18(26)11-8-16)21-6-4-3-5-19(21)25(20)28-27-24/h3-13,20,24-25,27-28H,14-15H2,1-2H3. The largest absolute Gasteiger partial charge is 0.493 e. The number of para-hydroxylation sites is 1. The molecule has 2 N–H and O–H groups in total. The number of anilines is 1. The molecule has 0 amide bonds. The van der Waals surface area contributed by atoms with Crippen molar-refractivity contribution in [2.24, 2.45) is 5.92 Å². The molecule has 0 radical (unpaired) electrons. The topological polar surface area (TPSA) is 45.8 Å². The van der Waals surface area contributed by atoms with E-state index >= 15 is 0 Å². The number of fused-ring (bicyclic) bond motifs is 3. The predicted molar refractivity (Wildman–Crippen MR) is 124 cm³/mol. The van der Waals surface area contributed by atoms with Crippen LogP contribution in [0.4, 0.5) is 5.69 Å². The summed E-state index contributed by atoms with van der Waals surface area (Å²) < 4.78 is 11.0. The van der Waals surface area contributed by atoms with Gasteiger partial charge in [-0.25, -0.2) is 10.9 Å². The first kappa shape index (κ1) is 20.2. The average molecular weight is 436 g/mol. The van der Waals surface area contributed by atoms with Crippen LogP contribution < -0.4 is 25.2 Å². The third-order valence-corrected chi connectivity index (χ3v) is 6.60. The van der Waals surface area contributed by atoms with Crippen molar-refractivity contribution in [3.05, 3.63) is 88.4 Å². The summed E-state index contributed by atoms with van der Waals surface area (Å²) in [6, 6.07) is 23.4. The highest BCUT2D eigenvalue weighted by Crippen LogP contribution is 2.46. The Kier molecular flexibility index (Phi) is 5.48. The molecule has 1 fully saturated rings. The van der Waals surface area contributed by atoms with Crippen molar-refractivity contribution >= 4 is 17.3 Å². The van der Waals surface area contributed by atoms with Gasteiger partial charge in [0.25, 0.3) is 0 Å². The van der Waals surface area contributed by atoms with E-state index in [2.05, 4.69) is 64.3 Å². The van der Waals surface area contributed by atoms with Crippen molar-refractivity contribution in [2.45, 2.75) is 18.6 Å². The molecule has 6 heteroatoms. The molecule has 5 rings (SSSR count). The molecule has 2 heterocycles. The Morgan fingerprint density at radius 3 is 2.42 bits per heavy atom. The molecule has 0 spiro atoms.